The number of amides is 2. The van der Waals surface area contributed by atoms with Crippen LogP contribution in [-0.2, 0) is 27.3 Å². The fourth-order valence-electron chi connectivity index (χ4n) is 5.12. The molecule has 3 aliphatic heterocycles. The Morgan fingerprint density at radius 1 is 1.03 bits per heavy atom. The molecule has 0 bridgehead atoms. The summed E-state index contributed by atoms with van der Waals surface area (Å²) in [5, 5.41) is 3.11. The summed E-state index contributed by atoms with van der Waals surface area (Å²) in [5.41, 5.74) is 2.64. The van der Waals surface area contributed by atoms with Crippen molar-refractivity contribution in [1.29, 1.82) is 0 Å². The minimum absolute atomic E-state index is 0.00173. The minimum Gasteiger partial charge on any atom is -0.381 e. The number of rotatable bonds is 3. The van der Waals surface area contributed by atoms with Crippen molar-refractivity contribution in [3.05, 3.63) is 35.4 Å². The van der Waals surface area contributed by atoms with Crippen LogP contribution in [0.4, 0.5) is 0 Å². The fraction of sp³-hybridized carbons (Fsp3) is 0.652. The lowest BCUT2D eigenvalue weighted by atomic mass is 9.95. The molecule has 4 rings (SSSR count). The number of hydrogen-bond donors (Lipinski definition) is 1. The van der Waals surface area contributed by atoms with Crippen LogP contribution in [0.1, 0.15) is 43.7 Å². The van der Waals surface area contributed by atoms with Gasteiger partial charge < -0.3 is 15.0 Å². The molecule has 3 aliphatic rings. The maximum atomic E-state index is 13.5. The van der Waals surface area contributed by atoms with Crippen LogP contribution in [0.2, 0.25) is 0 Å². The summed E-state index contributed by atoms with van der Waals surface area (Å²) >= 11 is 0. The molecule has 3 heterocycles. The summed E-state index contributed by atoms with van der Waals surface area (Å²) in [6, 6.07) is 9.01. The number of nitrogens with zero attached hydrogens (tertiary/aromatic N) is 2. The van der Waals surface area contributed by atoms with E-state index < -0.39 is 0 Å². The molecule has 158 valence electrons. The molecule has 1 aromatic carbocycles. The molecule has 6 nitrogen and oxygen atoms in total. The van der Waals surface area contributed by atoms with Gasteiger partial charge in [-0.05, 0) is 43.2 Å². The van der Waals surface area contributed by atoms with E-state index in [0.717, 1.165) is 71.5 Å². The van der Waals surface area contributed by atoms with E-state index in [4.69, 9.17) is 4.74 Å². The van der Waals surface area contributed by atoms with Crippen LogP contribution in [0, 0.1) is 5.92 Å². The third-order valence-corrected chi connectivity index (χ3v) is 6.68. The first kappa shape index (κ1) is 20.4. The molecule has 2 saturated heterocycles. The Hall–Kier alpha value is -1.92. The molecule has 2 atom stereocenters. The quantitative estimate of drug-likeness (QED) is 0.844. The van der Waals surface area contributed by atoms with Crippen LogP contribution in [-0.4, -0.2) is 66.5 Å². The molecule has 29 heavy (non-hydrogen) atoms. The zero-order chi connectivity index (χ0) is 20.2. The summed E-state index contributed by atoms with van der Waals surface area (Å²) < 4.78 is 5.54. The van der Waals surface area contributed by atoms with Gasteiger partial charge in [-0.3, -0.25) is 14.5 Å². The van der Waals surface area contributed by atoms with Gasteiger partial charge in [-0.1, -0.05) is 24.3 Å². The lowest BCUT2D eigenvalue weighted by Gasteiger charge is -2.37. The molecule has 2 amide bonds. The standard InChI is InChI=1S/C23H33N3O3/c1-17(27)24-21-7-6-20(15-26(16-21)22-9-12-29-13-10-22)23(28)25-11-8-18-4-2-3-5-19(18)14-25/h2-5,20-22H,6-16H2,1H3,(H,24,27)/t20-,21+/m1/s1. The molecule has 1 aromatic rings. The first-order valence-electron chi connectivity index (χ1n) is 11.0. The van der Waals surface area contributed by atoms with Crippen molar-refractivity contribution in [2.45, 2.75) is 57.7 Å². The van der Waals surface area contributed by atoms with Crippen molar-refractivity contribution < 1.29 is 14.3 Å². The van der Waals surface area contributed by atoms with Gasteiger partial charge in [0, 0.05) is 58.4 Å². The highest BCUT2D eigenvalue weighted by molar-refractivity contribution is 5.79. The minimum atomic E-state index is 0.00173. The molecule has 0 radical (unpaired) electrons. The Labute approximate surface area is 173 Å². The van der Waals surface area contributed by atoms with Crippen LogP contribution in [0.3, 0.4) is 0 Å². The molecule has 6 heteroatoms. The fourth-order valence-corrected chi connectivity index (χ4v) is 5.12. The molecular formula is C23H33N3O3. The van der Waals surface area contributed by atoms with E-state index >= 15 is 0 Å². The number of likely N-dealkylation sites (tertiary alicyclic amines) is 1. The van der Waals surface area contributed by atoms with Crippen LogP contribution >= 0.6 is 0 Å². The summed E-state index contributed by atoms with van der Waals surface area (Å²) in [4.78, 5) is 29.6. The molecule has 0 saturated carbocycles. The van der Waals surface area contributed by atoms with E-state index in [1.54, 1.807) is 6.92 Å². The third-order valence-electron chi connectivity index (χ3n) is 6.68. The SMILES string of the molecule is CC(=O)N[C@H]1CC[C@@H](C(=O)N2CCc3ccccc3C2)CN(C2CCOCC2)C1. The van der Waals surface area contributed by atoms with Crippen molar-refractivity contribution in [3.8, 4) is 0 Å². The molecule has 0 aliphatic carbocycles. The second kappa shape index (κ2) is 9.26. The zero-order valence-corrected chi connectivity index (χ0v) is 17.4. The zero-order valence-electron chi connectivity index (χ0n) is 17.4. The van der Waals surface area contributed by atoms with Crippen LogP contribution in [0.15, 0.2) is 24.3 Å². The van der Waals surface area contributed by atoms with Gasteiger partial charge in [-0.15, -0.1) is 0 Å². The van der Waals surface area contributed by atoms with Crippen molar-refractivity contribution in [1.82, 2.24) is 15.1 Å². The Balaban J connectivity index is 1.46. The maximum Gasteiger partial charge on any atom is 0.227 e. The number of benzene rings is 1. The first-order valence-corrected chi connectivity index (χ1v) is 11.0. The monoisotopic (exact) mass is 399 g/mol. The van der Waals surface area contributed by atoms with Crippen molar-refractivity contribution in [3.63, 3.8) is 0 Å². The van der Waals surface area contributed by atoms with E-state index in [1.165, 1.54) is 11.1 Å². The molecular weight excluding hydrogens is 366 g/mol. The van der Waals surface area contributed by atoms with E-state index in [9.17, 15) is 9.59 Å². The van der Waals surface area contributed by atoms with E-state index in [1.807, 2.05) is 4.90 Å². The Morgan fingerprint density at radius 2 is 1.79 bits per heavy atom. The average Bonchev–Trinajstić information content (AvgIpc) is 2.96. The van der Waals surface area contributed by atoms with Gasteiger partial charge in [0.25, 0.3) is 0 Å². The highest BCUT2D eigenvalue weighted by atomic mass is 16.5. The van der Waals surface area contributed by atoms with Crippen LogP contribution < -0.4 is 5.32 Å². The third kappa shape index (κ3) is 4.98. The Kier molecular flexibility index (Phi) is 6.50. The van der Waals surface area contributed by atoms with Gasteiger partial charge in [0.15, 0.2) is 0 Å². The molecule has 1 N–H and O–H groups in total. The normalized spacial score (nSPS) is 26.4. The van der Waals surface area contributed by atoms with Crippen LogP contribution in [0.25, 0.3) is 0 Å². The molecule has 0 unspecified atom stereocenters. The largest absolute Gasteiger partial charge is 0.381 e. The predicted molar refractivity (Wildman–Crippen MR) is 111 cm³/mol. The van der Waals surface area contributed by atoms with Gasteiger partial charge in [-0.2, -0.15) is 0 Å². The lowest BCUT2D eigenvalue weighted by Crippen LogP contribution is -2.49. The number of carbonyl (C=O) groups is 2. The average molecular weight is 400 g/mol. The van der Waals surface area contributed by atoms with E-state index in [-0.39, 0.29) is 23.8 Å². The second-order valence-electron chi connectivity index (χ2n) is 8.75. The lowest BCUT2D eigenvalue weighted by molar-refractivity contribution is -0.137. The second-order valence-corrected chi connectivity index (χ2v) is 8.75. The predicted octanol–water partition coefficient (Wildman–Crippen LogP) is 1.97. The highest BCUT2D eigenvalue weighted by Crippen LogP contribution is 2.27. The molecule has 2 fully saturated rings. The van der Waals surface area contributed by atoms with Gasteiger partial charge in [0.05, 0.1) is 5.92 Å². The highest BCUT2D eigenvalue weighted by Gasteiger charge is 2.35. The summed E-state index contributed by atoms with van der Waals surface area (Å²) in [5.74, 6) is 0.293. The smallest absolute Gasteiger partial charge is 0.227 e. The van der Waals surface area contributed by atoms with E-state index in [2.05, 4.69) is 34.5 Å². The van der Waals surface area contributed by atoms with Gasteiger partial charge in [0.2, 0.25) is 11.8 Å². The first-order chi connectivity index (χ1) is 14.1. The summed E-state index contributed by atoms with van der Waals surface area (Å²) in [7, 11) is 0. The number of hydrogen-bond acceptors (Lipinski definition) is 4. The van der Waals surface area contributed by atoms with Crippen molar-refractivity contribution in [2.24, 2.45) is 5.92 Å². The number of carbonyl (C=O) groups excluding carboxylic acids is 2. The number of ether oxygens (including phenoxy) is 1. The Bertz CT molecular complexity index is 732. The number of fused-ring (bicyclic) bond motifs is 1. The maximum absolute atomic E-state index is 13.5. The molecule has 0 spiro atoms. The summed E-state index contributed by atoms with van der Waals surface area (Å²) in [6.07, 6.45) is 4.64. The number of nitrogens with one attached hydrogen (secondary N) is 1. The topological polar surface area (TPSA) is 61.9 Å². The van der Waals surface area contributed by atoms with E-state index in [0.29, 0.717) is 6.04 Å². The van der Waals surface area contributed by atoms with Crippen molar-refractivity contribution >= 4 is 11.8 Å². The van der Waals surface area contributed by atoms with Gasteiger partial charge in [0.1, 0.15) is 0 Å². The van der Waals surface area contributed by atoms with Gasteiger partial charge in [-0.25, -0.2) is 0 Å². The molecule has 0 aromatic heterocycles. The van der Waals surface area contributed by atoms with Crippen LogP contribution in [0.5, 0.6) is 0 Å². The van der Waals surface area contributed by atoms with Crippen molar-refractivity contribution in [2.75, 3.05) is 32.8 Å². The summed E-state index contributed by atoms with van der Waals surface area (Å²) in [6.45, 7) is 6.30. The Morgan fingerprint density at radius 3 is 2.55 bits per heavy atom. The van der Waals surface area contributed by atoms with Gasteiger partial charge >= 0.3 is 0 Å².